The summed E-state index contributed by atoms with van der Waals surface area (Å²) in [6.45, 7) is 12.0. The standard InChI is InChI=1S/C24H34N4O2/c1-5-30-21-9-8-18(14-22(21)29-4)15-27-13-10-19-20(16-27)25-23(17(2)3)26-24(19)28-11-6-7-12-28/h8-9,14,17H,5-7,10-13,15-16H2,1-4H3. The van der Waals surface area contributed by atoms with Gasteiger partial charge in [-0.1, -0.05) is 19.9 Å². The molecule has 0 atom stereocenters. The van der Waals surface area contributed by atoms with E-state index < -0.39 is 0 Å². The Morgan fingerprint density at radius 1 is 1.07 bits per heavy atom. The predicted molar refractivity (Wildman–Crippen MR) is 120 cm³/mol. The molecule has 0 radical (unpaired) electrons. The minimum Gasteiger partial charge on any atom is -0.493 e. The van der Waals surface area contributed by atoms with Crippen LogP contribution in [0, 0.1) is 0 Å². The lowest BCUT2D eigenvalue weighted by Crippen LogP contribution is -2.33. The Morgan fingerprint density at radius 2 is 1.87 bits per heavy atom. The molecule has 3 heterocycles. The van der Waals surface area contributed by atoms with Crippen molar-refractivity contribution >= 4 is 5.82 Å². The zero-order valence-corrected chi connectivity index (χ0v) is 18.8. The Bertz CT molecular complexity index is 878. The molecular weight excluding hydrogens is 376 g/mol. The Morgan fingerprint density at radius 3 is 2.57 bits per heavy atom. The second kappa shape index (κ2) is 9.21. The van der Waals surface area contributed by atoms with Crippen LogP contribution in [0.1, 0.15) is 62.2 Å². The molecule has 1 saturated heterocycles. The zero-order chi connectivity index (χ0) is 21.1. The first kappa shape index (κ1) is 20.9. The van der Waals surface area contributed by atoms with Crippen molar-refractivity contribution in [2.75, 3.05) is 38.3 Å². The Kier molecular flexibility index (Phi) is 6.42. The maximum Gasteiger partial charge on any atom is 0.161 e. The second-order valence-electron chi connectivity index (χ2n) is 8.56. The lowest BCUT2D eigenvalue weighted by molar-refractivity contribution is 0.240. The van der Waals surface area contributed by atoms with Crippen molar-refractivity contribution in [1.82, 2.24) is 14.9 Å². The zero-order valence-electron chi connectivity index (χ0n) is 18.8. The number of hydrogen-bond donors (Lipinski definition) is 0. The van der Waals surface area contributed by atoms with Gasteiger partial charge in [0, 0.05) is 44.2 Å². The fraction of sp³-hybridized carbons (Fsp3) is 0.583. The summed E-state index contributed by atoms with van der Waals surface area (Å²) < 4.78 is 11.2. The molecule has 1 aromatic heterocycles. The minimum atomic E-state index is 0.336. The third kappa shape index (κ3) is 4.38. The summed E-state index contributed by atoms with van der Waals surface area (Å²) in [6.07, 6.45) is 3.54. The number of hydrogen-bond acceptors (Lipinski definition) is 6. The summed E-state index contributed by atoms with van der Waals surface area (Å²) in [6, 6.07) is 6.24. The summed E-state index contributed by atoms with van der Waals surface area (Å²) >= 11 is 0. The molecule has 0 aliphatic carbocycles. The van der Waals surface area contributed by atoms with Crippen molar-refractivity contribution in [2.24, 2.45) is 0 Å². The first-order valence-electron chi connectivity index (χ1n) is 11.3. The number of ether oxygens (including phenoxy) is 2. The van der Waals surface area contributed by atoms with Crippen LogP contribution in [0.2, 0.25) is 0 Å². The molecule has 2 aromatic rings. The van der Waals surface area contributed by atoms with Crippen molar-refractivity contribution in [3.8, 4) is 11.5 Å². The molecule has 162 valence electrons. The van der Waals surface area contributed by atoms with Crippen molar-refractivity contribution in [3.63, 3.8) is 0 Å². The fourth-order valence-corrected chi connectivity index (χ4v) is 4.41. The smallest absolute Gasteiger partial charge is 0.161 e. The van der Waals surface area contributed by atoms with Crippen LogP contribution in [0.4, 0.5) is 5.82 Å². The third-order valence-corrected chi connectivity index (χ3v) is 6.00. The number of benzene rings is 1. The molecule has 6 nitrogen and oxygen atoms in total. The van der Waals surface area contributed by atoms with Crippen LogP contribution in [0.15, 0.2) is 18.2 Å². The van der Waals surface area contributed by atoms with Crippen LogP contribution in [-0.2, 0) is 19.5 Å². The highest BCUT2D eigenvalue weighted by atomic mass is 16.5. The van der Waals surface area contributed by atoms with E-state index >= 15 is 0 Å². The molecule has 30 heavy (non-hydrogen) atoms. The molecule has 0 amide bonds. The van der Waals surface area contributed by atoms with Gasteiger partial charge >= 0.3 is 0 Å². The maximum absolute atomic E-state index is 5.66. The largest absolute Gasteiger partial charge is 0.493 e. The quantitative estimate of drug-likeness (QED) is 0.683. The normalized spacial score (nSPS) is 16.8. The van der Waals surface area contributed by atoms with Gasteiger partial charge in [0.2, 0.25) is 0 Å². The Labute approximate surface area is 180 Å². The highest BCUT2D eigenvalue weighted by Gasteiger charge is 2.27. The molecular formula is C24H34N4O2. The van der Waals surface area contributed by atoms with E-state index in [0.29, 0.717) is 12.5 Å². The van der Waals surface area contributed by atoms with E-state index in [0.717, 1.165) is 56.5 Å². The highest BCUT2D eigenvalue weighted by Crippen LogP contribution is 2.32. The monoisotopic (exact) mass is 410 g/mol. The van der Waals surface area contributed by atoms with Crippen molar-refractivity contribution < 1.29 is 9.47 Å². The molecule has 0 saturated carbocycles. The van der Waals surface area contributed by atoms with Crippen LogP contribution in [0.3, 0.4) is 0 Å². The van der Waals surface area contributed by atoms with Crippen molar-refractivity contribution in [2.45, 2.75) is 59.0 Å². The van der Waals surface area contributed by atoms with E-state index in [1.165, 1.54) is 35.5 Å². The van der Waals surface area contributed by atoms with Crippen LogP contribution in [0.25, 0.3) is 0 Å². The van der Waals surface area contributed by atoms with Gasteiger partial charge in [0.05, 0.1) is 19.4 Å². The lowest BCUT2D eigenvalue weighted by atomic mass is 10.0. The number of rotatable bonds is 7. The Hall–Kier alpha value is -2.34. The van der Waals surface area contributed by atoms with E-state index in [-0.39, 0.29) is 0 Å². The van der Waals surface area contributed by atoms with Gasteiger partial charge in [-0.2, -0.15) is 0 Å². The molecule has 1 aromatic carbocycles. The van der Waals surface area contributed by atoms with Gasteiger partial charge in [-0.25, -0.2) is 9.97 Å². The van der Waals surface area contributed by atoms with E-state index in [1.54, 1.807) is 7.11 Å². The molecule has 4 rings (SSSR count). The van der Waals surface area contributed by atoms with Gasteiger partial charge in [0.1, 0.15) is 11.6 Å². The summed E-state index contributed by atoms with van der Waals surface area (Å²) in [5.41, 5.74) is 3.80. The summed E-state index contributed by atoms with van der Waals surface area (Å²) in [4.78, 5) is 14.9. The first-order valence-corrected chi connectivity index (χ1v) is 11.3. The molecule has 0 N–H and O–H groups in total. The topological polar surface area (TPSA) is 50.7 Å². The molecule has 0 unspecified atom stereocenters. The number of anilines is 1. The van der Waals surface area contributed by atoms with Gasteiger partial charge in [-0.05, 0) is 43.9 Å². The van der Waals surface area contributed by atoms with Crippen LogP contribution in [-0.4, -0.2) is 48.2 Å². The summed E-state index contributed by atoms with van der Waals surface area (Å²) in [5.74, 6) is 4.11. The van der Waals surface area contributed by atoms with Gasteiger partial charge in [0.25, 0.3) is 0 Å². The predicted octanol–water partition coefficient (Wildman–Crippen LogP) is 4.17. The SMILES string of the molecule is CCOc1ccc(CN2CCc3c(nc(C(C)C)nc3N3CCCC3)C2)cc1OC. The number of methoxy groups -OCH3 is 1. The third-order valence-electron chi connectivity index (χ3n) is 6.00. The summed E-state index contributed by atoms with van der Waals surface area (Å²) in [5, 5.41) is 0. The van der Waals surface area contributed by atoms with E-state index in [9.17, 15) is 0 Å². The molecule has 2 aliphatic rings. The minimum absolute atomic E-state index is 0.336. The van der Waals surface area contributed by atoms with E-state index in [2.05, 4.69) is 35.8 Å². The molecule has 1 fully saturated rings. The Balaban J connectivity index is 1.56. The van der Waals surface area contributed by atoms with Crippen LogP contribution in [0.5, 0.6) is 11.5 Å². The highest BCUT2D eigenvalue weighted by molar-refractivity contribution is 5.51. The second-order valence-corrected chi connectivity index (χ2v) is 8.56. The van der Waals surface area contributed by atoms with Gasteiger partial charge in [-0.3, -0.25) is 4.90 Å². The molecule has 2 aliphatic heterocycles. The number of nitrogens with zero attached hydrogens (tertiary/aromatic N) is 4. The van der Waals surface area contributed by atoms with Crippen LogP contribution >= 0.6 is 0 Å². The number of fused-ring (bicyclic) bond motifs is 1. The van der Waals surface area contributed by atoms with Gasteiger partial charge in [0.15, 0.2) is 11.5 Å². The number of aromatic nitrogens is 2. The lowest BCUT2D eigenvalue weighted by Gasteiger charge is -2.31. The fourth-order valence-electron chi connectivity index (χ4n) is 4.41. The van der Waals surface area contributed by atoms with Crippen molar-refractivity contribution in [3.05, 3.63) is 40.8 Å². The molecule has 0 spiro atoms. The molecule has 0 bridgehead atoms. The van der Waals surface area contributed by atoms with Crippen molar-refractivity contribution in [1.29, 1.82) is 0 Å². The van der Waals surface area contributed by atoms with E-state index in [1.807, 2.05) is 13.0 Å². The van der Waals surface area contributed by atoms with Gasteiger partial charge < -0.3 is 14.4 Å². The van der Waals surface area contributed by atoms with Gasteiger partial charge in [-0.15, -0.1) is 0 Å². The summed E-state index contributed by atoms with van der Waals surface area (Å²) in [7, 11) is 1.70. The average molecular weight is 411 g/mol. The van der Waals surface area contributed by atoms with E-state index in [4.69, 9.17) is 19.4 Å². The van der Waals surface area contributed by atoms with Crippen LogP contribution < -0.4 is 14.4 Å². The first-order chi connectivity index (χ1) is 14.6. The molecule has 6 heteroatoms. The maximum atomic E-state index is 5.66. The average Bonchev–Trinajstić information content (AvgIpc) is 3.28.